The zero-order chi connectivity index (χ0) is 17.6. The van der Waals surface area contributed by atoms with Crippen LogP contribution in [0.25, 0.3) is 11.3 Å². The summed E-state index contributed by atoms with van der Waals surface area (Å²) in [5.41, 5.74) is 2.70. The van der Waals surface area contributed by atoms with Crippen LogP contribution in [0.4, 0.5) is 0 Å². The zero-order valence-electron chi connectivity index (χ0n) is 14.3. The van der Waals surface area contributed by atoms with Crippen molar-refractivity contribution in [3.05, 3.63) is 70.0 Å². The SMILES string of the molecule is COc1ccccc1C(=O)NCCc1nc(-c2ccccc2)c(C)s1. The van der Waals surface area contributed by atoms with E-state index in [1.807, 2.05) is 30.3 Å². The summed E-state index contributed by atoms with van der Waals surface area (Å²) in [6, 6.07) is 17.4. The first kappa shape index (κ1) is 17.2. The number of benzene rings is 2. The maximum Gasteiger partial charge on any atom is 0.255 e. The summed E-state index contributed by atoms with van der Waals surface area (Å²) in [5, 5.41) is 3.96. The van der Waals surface area contributed by atoms with Crippen molar-refractivity contribution < 1.29 is 9.53 Å². The summed E-state index contributed by atoms with van der Waals surface area (Å²) in [5.74, 6) is 0.450. The monoisotopic (exact) mass is 352 g/mol. The molecule has 1 N–H and O–H groups in total. The predicted octanol–water partition coefficient (Wildman–Crippen LogP) is 4.10. The Morgan fingerprint density at radius 1 is 1.12 bits per heavy atom. The molecule has 0 unspecified atom stereocenters. The van der Waals surface area contributed by atoms with Crippen molar-refractivity contribution in [1.29, 1.82) is 0 Å². The molecular formula is C20H20N2O2S. The average molecular weight is 352 g/mol. The number of nitrogens with zero attached hydrogens (tertiary/aromatic N) is 1. The van der Waals surface area contributed by atoms with E-state index in [9.17, 15) is 4.79 Å². The predicted molar refractivity (Wildman–Crippen MR) is 101 cm³/mol. The number of aryl methyl sites for hydroxylation is 1. The van der Waals surface area contributed by atoms with Gasteiger partial charge in [-0.1, -0.05) is 42.5 Å². The second-order valence-electron chi connectivity index (χ2n) is 5.58. The Kier molecular flexibility index (Phi) is 5.46. The van der Waals surface area contributed by atoms with Crippen molar-refractivity contribution in [1.82, 2.24) is 10.3 Å². The average Bonchev–Trinajstić information content (AvgIpc) is 3.03. The minimum absolute atomic E-state index is 0.131. The summed E-state index contributed by atoms with van der Waals surface area (Å²) < 4.78 is 5.23. The molecule has 0 fully saturated rings. The van der Waals surface area contributed by atoms with E-state index < -0.39 is 0 Å². The fourth-order valence-corrected chi connectivity index (χ4v) is 3.59. The van der Waals surface area contributed by atoms with Crippen LogP contribution >= 0.6 is 11.3 Å². The summed E-state index contributed by atoms with van der Waals surface area (Å²) in [6.07, 6.45) is 0.708. The molecule has 0 radical (unpaired) electrons. The van der Waals surface area contributed by atoms with E-state index in [1.54, 1.807) is 30.6 Å². The second-order valence-corrected chi connectivity index (χ2v) is 6.87. The summed E-state index contributed by atoms with van der Waals surface area (Å²) in [6.45, 7) is 2.62. The van der Waals surface area contributed by atoms with Gasteiger partial charge in [0.15, 0.2) is 0 Å². The molecule has 0 atom stereocenters. The molecule has 4 nitrogen and oxygen atoms in total. The smallest absolute Gasteiger partial charge is 0.255 e. The zero-order valence-corrected chi connectivity index (χ0v) is 15.1. The van der Waals surface area contributed by atoms with Crippen LogP contribution in [0, 0.1) is 6.92 Å². The van der Waals surface area contributed by atoms with Crippen LogP contribution in [0.3, 0.4) is 0 Å². The third kappa shape index (κ3) is 4.06. The van der Waals surface area contributed by atoms with Gasteiger partial charge in [-0.05, 0) is 19.1 Å². The van der Waals surface area contributed by atoms with Crippen LogP contribution in [0.1, 0.15) is 20.2 Å². The minimum Gasteiger partial charge on any atom is -0.496 e. The summed E-state index contributed by atoms with van der Waals surface area (Å²) in [7, 11) is 1.57. The van der Waals surface area contributed by atoms with Gasteiger partial charge in [0.05, 0.1) is 23.4 Å². The molecule has 128 valence electrons. The van der Waals surface area contributed by atoms with E-state index in [-0.39, 0.29) is 5.91 Å². The maximum absolute atomic E-state index is 12.3. The topological polar surface area (TPSA) is 51.2 Å². The lowest BCUT2D eigenvalue weighted by Crippen LogP contribution is -2.26. The molecule has 1 heterocycles. The molecule has 1 aromatic heterocycles. The molecule has 0 saturated carbocycles. The first-order valence-corrected chi connectivity index (χ1v) is 8.93. The number of hydrogen-bond acceptors (Lipinski definition) is 4. The van der Waals surface area contributed by atoms with E-state index in [0.717, 1.165) is 16.3 Å². The Morgan fingerprint density at radius 3 is 2.60 bits per heavy atom. The van der Waals surface area contributed by atoms with Gasteiger partial charge in [-0.25, -0.2) is 4.98 Å². The van der Waals surface area contributed by atoms with Crippen molar-refractivity contribution in [2.45, 2.75) is 13.3 Å². The van der Waals surface area contributed by atoms with Crippen LogP contribution in [-0.2, 0) is 6.42 Å². The highest BCUT2D eigenvalue weighted by Gasteiger charge is 2.12. The quantitative estimate of drug-likeness (QED) is 0.727. The minimum atomic E-state index is -0.131. The number of hydrogen-bond donors (Lipinski definition) is 1. The van der Waals surface area contributed by atoms with Gasteiger partial charge in [-0.15, -0.1) is 11.3 Å². The number of carbonyl (C=O) groups is 1. The van der Waals surface area contributed by atoms with Crippen molar-refractivity contribution in [3.8, 4) is 17.0 Å². The number of para-hydroxylation sites is 1. The molecule has 3 aromatic rings. The number of aromatic nitrogens is 1. The van der Waals surface area contributed by atoms with Gasteiger partial charge in [0.2, 0.25) is 0 Å². The number of rotatable bonds is 6. The number of methoxy groups -OCH3 is 1. The molecule has 0 aliphatic rings. The number of thiazole rings is 1. The molecule has 0 spiro atoms. The van der Waals surface area contributed by atoms with Gasteiger partial charge in [-0.2, -0.15) is 0 Å². The van der Waals surface area contributed by atoms with Gasteiger partial charge in [0.25, 0.3) is 5.91 Å². The second kappa shape index (κ2) is 7.94. The lowest BCUT2D eigenvalue weighted by Gasteiger charge is -2.08. The lowest BCUT2D eigenvalue weighted by molar-refractivity contribution is 0.0951. The van der Waals surface area contributed by atoms with Crippen molar-refractivity contribution in [2.75, 3.05) is 13.7 Å². The lowest BCUT2D eigenvalue weighted by atomic mass is 10.1. The van der Waals surface area contributed by atoms with Gasteiger partial charge in [0, 0.05) is 23.4 Å². The number of nitrogens with one attached hydrogen (secondary N) is 1. The van der Waals surface area contributed by atoms with Gasteiger partial charge in [-0.3, -0.25) is 4.79 Å². The Hall–Kier alpha value is -2.66. The maximum atomic E-state index is 12.3. The van der Waals surface area contributed by atoms with E-state index in [0.29, 0.717) is 24.3 Å². The molecule has 0 aliphatic carbocycles. The third-order valence-electron chi connectivity index (χ3n) is 3.86. The highest BCUT2D eigenvalue weighted by atomic mass is 32.1. The first-order valence-electron chi connectivity index (χ1n) is 8.12. The molecule has 0 aliphatic heterocycles. The van der Waals surface area contributed by atoms with Gasteiger partial charge in [0.1, 0.15) is 5.75 Å². The van der Waals surface area contributed by atoms with Crippen molar-refractivity contribution in [2.24, 2.45) is 0 Å². The Labute approximate surface area is 151 Å². The molecule has 3 rings (SSSR count). The van der Waals surface area contributed by atoms with Crippen molar-refractivity contribution in [3.63, 3.8) is 0 Å². The number of ether oxygens (including phenoxy) is 1. The van der Waals surface area contributed by atoms with Gasteiger partial charge >= 0.3 is 0 Å². The normalized spacial score (nSPS) is 10.5. The fourth-order valence-electron chi connectivity index (χ4n) is 2.63. The van der Waals surface area contributed by atoms with E-state index in [4.69, 9.17) is 9.72 Å². The third-order valence-corrected chi connectivity index (χ3v) is 4.89. The Bertz CT molecular complexity index is 859. The molecule has 5 heteroatoms. The largest absolute Gasteiger partial charge is 0.496 e. The number of carbonyl (C=O) groups excluding carboxylic acids is 1. The molecule has 0 bridgehead atoms. The summed E-state index contributed by atoms with van der Waals surface area (Å²) >= 11 is 1.68. The van der Waals surface area contributed by atoms with E-state index in [1.165, 1.54) is 4.88 Å². The molecule has 25 heavy (non-hydrogen) atoms. The molecule has 0 saturated heterocycles. The Balaban J connectivity index is 1.62. The summed E-state index contributed by atoms with van der Waals surface area (Å²) in [4.78, 5) is 18.2. The van der Waals surface area contributed by atoms with Crippen LogP contribution in [0.15, 0.2) is 54.6 Å². The Morgan fingerprint density at radius 2 is 1.84 bits per heavy atom. The highest BCUT2D eigenvalue weighted by molar-refractivity contribution is 7.12. The molecule has 2 aromatic carbocycles. The fraction of sp³-hybridized carbons (Fsp3) is 0.200. The van der Waals surface area contributed by atoms with Gasteiger partial charge < -0.3 is 10.1 Å². The van der Waals surface area contributed by atoms with E-state index in [2.05, 4.69) is 24.4 Å². The van der Waals surface area contributed by atoms with Crippen LogP contribution in [-0.4, -0.2) is 24.5 Å². The highest BCUT2D eigenvalue weighted by Crippen LogP contribution is 2.27. The van der Waals surface area contributed by atoms with Crippen LogP contribution in [0.5, 0.6) is 5.75 Å². The molecular weight excluding hydrogens is 332 g/mol. The molecule has 1 amide bonds. The van der Waals surface area contributed by atoms with Crippen molar-refractivity contribution >= 4 is 17.2 Å². The van der Waals surface area contributed by atoms with Crippen LogP contribution < -0.4 is 10.1 Å². The van der Waals surface area contributed by atoms with Crippen LogP contribution in [0.2, 0.25) is 0 Å². The standard InChI is InChI=1S/C20H20N2O2S/c1-14-19(15-8-4-3-5-9-15)22-18(25-14)12-13-21-20(23)16-10-6-7-11-17(16)24-2/h3-11H,12-13H2,1-2H3,(H,21,23). The number of amides is 1. The van der Waals surface area contributed by atoms with E-state index >= 15 is 0 Å². The first-order chi connectivity index (χ1) is 12.2.